The Bertz CT molecular complexity index is 702. The minimum absolute atomic E-state index is 0.105. The zero-order valence-electron chi connectivity index (χ0n) is 12.0. The first-order valence-corrected chi connectivity index (χ1v) is 8.19. The molecule has 0 radical (unpaired) electrons. The molecule has 2 aromatic rings. The molecular formula is C16H14F3NO2S. The van der Waals surface area contributed by atoms with Crippen LogP contribution in [0.15, 0.2) is 54.6 Å². The van der Waals surface area contributed by atoms with Crippen LogP contribution in [0.1, 0.15) is 11.1 Å². The predicted molar refractivity (Wildman–Crippen MR) is 83.2 cm³/mol. The lowest BCUT2D eigenvalue weighted by atomic mass is 10.1. The van der Waals surface area contributed by atoms with Gasteiger partial charge in [0.05, 0.1) is 5.56 Å². The lowest BCUT2D eigenvalue weighted by Gasteiger charge is -2.09. The van der Waals surface area contributed by atoms with Crippen LogP contribution in [-0.4, -0.2) is 15.9 Å². The molecule has 0 saturated carbocycles. The largest absolute Gasteiger partial charge is 0.416 e. The lowest BCUT2D eigenvalue weighted by molar-refractivity contribution is -0.137. The molecule has 0 aliphatic heterocycles. The normalized spacial score (nSPS) is 12.7. The molecule has 3 nitrogen and oxygen atoms in total. The van der Waals surface area contributed by atoms with E-state index >= 15 is 0 Å². The van der Waals surface area contributed by atoms with Crippen molar-refractivity contribution in [1.82, 2.24) is 0 Å². The maximum absolute atomic E-state index is 12.6. The molecule has 0 aliphatic carbocycles. The van der Waals surface area contributed by atoms with Crippen molar-refractivity contribution in [3.8, 4) is 0 Å². The third kappa shape index (κ3) is 5.52. The molecule has 1 atom stereocenters. The van der Waals surface area contributed by atoms with Crippen LogP contribution >= 0.6 is 0 Å². The number of rotatable bonds is 5. The molecule has 0 fully saturated rings. The number of hydrogen-bond acceptors (Lipinski definition) is 2. The van der Waals surface area contributed by atoms with Gasteiger partial charge in [0.15, 0.2) is 0 Å². The Morgan fingerprint density at radius 1 is 1.04 bits per heavy atom. The Morgan fingerprint density at radius 2 is 1.74 bits per heavy atom. The summed E-state index contributed by atoms with van der Waals surface area (Å²) in [6.45, 7) is 0. The van der Waals surface area contributed by atoms with Gasteiger partial charge in [-0.3, -0.25) is 9.00 Å². The number of hydrogen-bond donors (Lipinski definition) is 1. The SMILES string of the molecule is O=C(CS(=O)Cc1cccc(C(F)(F)F)c1)Nc1ccccc1. The second-order valence-corrected chi connectivity index (χ2v) is 6.30. The quantitative estimate of drug-likeness (QED) is 0.903. The number of alkyl halides is 3. The van der Waals surface area contributed by atoms with Gasteiger partial charge in [0.25, 0.3) is 0 Å². The molecule has 2 aromatic carbocycles. The molecular weight excluding hydrogens is 327 g/mol. The summed E-state index contributed by atoms with van der Waals surface area (Å²) in [5.74, 6) is -0.821. The molecule has 0 spiro atoms. The Hall–Kier alpha value is -2.15. The Morgan fingerprint density at radius 3 is 2.39 bits per heavy atom. The number of nitrogens with one attached hydrogen (secondary N) is 1. The molecule has 0 aromatic heterocycles. The summed E-state index contributed by atoms with van der Waals surface area (Å²) >= 11 is 0. The van der Waals surface area contributed by atoms with Gasteiger partial charge in [-0.2, -0.15) is 13.2 Å². The zero-order chi connectivity index (χ0) is 16.9. The fourth-order valence-corrected chi connectivity index (χ4v) is 2.96. The van der Waals surface area contributed by atoms with E-state index in [1.54, 1.807) is 30.3 Å². The second kappa shape index (κ2) is 7.41. The first-order chi connectivity index (χ1) is 10.8. The minimum Gasteiger partial charge on any atom is -0.325 e. The zero-order valence-corrected chi connectivity index (χ0v) is 12.8. The summed E-state index contributed by atoms with van der Waals surface area (Å²) in [5.41, 5.74) is 0.0694. The van der Waals surface area contributed by atoms with Crippen molar-refractivity contribution in [2.45, 2.75) is 11.9 Å². The fraction of sp³-hybridized carbons (Fsp3) is 0.188. The number of anilines is 1. The van der Waals surface area contributed by atoms with Crippen LogP contribution in [0, 0.1) is 0 Å². The molecule has 2 rings (SSSR count). The molecule has 122 valence electrons. The maximum atomic E-state index is 12.6. The summed E-state index contributed by atoms with van der Waals surface area (Å²) < 4.78 is 49.8. The molecule has 7 heteroatoms. The number of amides is 1. The topological polar surface area (TPSA) is 46.2 Å². The Kier molecular flexibility index (Phi) is 5.54. The second-order valence-electron chi connectivity index (χ2n) is 4.84. The molecule has 0 heterocycles. The van der Waals surface area contributed by atoms with E-state index in [4.69, 9.17) is 0 Å². The van der Waals surface area contributed by atoms with Crippen LogP contribution < -0.4 is 5.32 Å². The molecule has 1 unspecified atom stereocenters. The average Bonchev–Trinajstić information content (AvgIpc) is 2.47. The molecule has 0 saturated heterocycles. The van der Waals surface area contributed by atoms with Gasteiger partial charge < -0.3 is 5.32 Å². The van der Waals surface area contributed by atoms with Crippen molar-refractivity contribution in [3.63, 3.8) is 0 Å². The van der Waals surface area contributed by atoms with E-state index in [0.717, 1.165) is 12.1 Å². The highest BCUT2D eigenvalue weighted by molar-refractivity contribution is 7.84. The smallest absolute Gasteiger partial charge is 0.325 e. The highest BCUT2D eigenvalue weighted by atomic mass is 32.2. The highest BCUT2D eigenvalue weighted by Gasteiger charge is 2.30. The van der Waals surface area contributed by atoms with Gasteiger partial charge in [0, 0.05) is 22.2 Å². The van der Waals surface area contributed by atoms with Crippen molar-refractivity contribution in [3.05, 3.63) is 65.7 Å². The van der Waals surface area contributed by atoms with E-state index in [1.807, 2.05) is 0 Å². The number of carbonyl (C=O) groups excluding carboxylic acids is 1. The fourth-order valence-electron chi connectivity index (χ4n) is 1.94. The summed E-state index contributed by atoms with van der Waals surface area (Å²) in [6, 6.07) is 13.3. The summed E-state index contributed by atoms with van der Waals surface area (Å²) in [5, 5.41) is 2.58. The van der Waals surface area contributed by atoms with Crippen LogP contribution in [0.2, 0.25) is 0 Å². The van der Waals surface area contributed by atoms with Gasteiger partial charge in [-0.15, -0.1) is 0 Å². The number of benzene rings is 2. The van der Waals surface area contributed by atoms with Crippen LogP contribution in [-0.2, 0) is 27.5 Å². The van der Waals surface area contributed by atoms with E-state index in [0.29, 0.717) is 5.69 Å². The third-order valence-electron chi connectivity index (χ3n) is 2.93. The van der Waals surface area contributed by atoms with Crippen molar-refractivity contribution in [2.24, 2.45) is 0 Å². The van der Waals surface area contributed by atoms with E-state index in [9.17, 15) is 22.2 Å². The number of para-hydroxylation sites is 1. The van der Waals surface area contributed by atoms with Gasteiger partial charge in [0.1, 0.15) is 5.75 Å². The van der Waals surface area contributed by atoms with Gasteiger partial charge >= 0.3 is 6.18 Å². The molecule has 1 amide bonds. The Labute approximate surface area is 134 Å². The van der Waals surface area contributed by atoms with Crippen molar-refractivity contribution >= 4 is 22.4 Å². The van der Waals surface area contributed by atoms with Crippen LogP contribution in [0.25, 0.3) is 0 Å². The molecule has 1 N–H and O–H groups in total. The number of halogens is 3. The monoisotopic (exact) mass is 341 g/mol. The predicted octanol–water partition coefficient (Wildman–Crippen LogP) is 3.59. The standard InChI is InChI=1S/C16H14F3NO2S/c17-16(18,19)13-6-4-5-12(9-13)10-23(22)11-15(21)20-14-7-2-1-3-8-14/h1-9H,10-11H2,(H,20,21). The van der Waals surface area contributed by atoms with E-state index in [2.05, 4.69) is 5.32 Å². The van der Waals surface area contributed by atoms with Crippen molar-refractivity contribution in [1.29, 1.82) is 0 Å². The summed E-state index contributed by atoms with van der Waals surface area (Å²) in [6.07, 6.45) is -4.44. The molecule has 0 aliphatic rings. The van der Waals surface area contributed by atoms with E-state index < -0.39 is 28.4 Å². The number of carbonyl (C=O) groups is 1. The maximum Gasteiger partial charge on any atom is 0.416 e. The van der Waals surface area contributed by atoms with Crippen LogP contribution in [0.4, 0.5) is 18.9 Å². The summed E-state index contributed by atoms with van der Waals surface area (Å²) in [4.78, 5) is 11.8. The minimum atomic E-state index is -4.44. The van der Waals surface area contributed by atoms with Gasteiger partial charge in [-0.25, -0.2) is 0 Å². The van der Waals surface area contributed by atoms with Gasteiger partial charge in [-0.05, 0) is 23.8 Å². The van der Waals surface area contributed by atoms with E-state index in [1.165, 1.54) is 12.1 Å². The van der Waals surface area contributed by atoms with Gasteiger partial charge in [-0.1, -0.05) is 36.4 Å². The first-order valence-electron chi connectivity index (χ1n) is 6.70. The lowest BCUT2D eigenvalue weighted by Crippen LogP contribution is -2.20. The summed E-state index contributed by atoms with van der Waals surface area (Å²) in [7, 11) is -1.59. The average molecular weight is 341 g/mol. The highest BCUT2D eigenvalue weighted by Crippen LogP contribution is 2.29. The first kappa shape index (κ1) is 17.2. The molecule has 23 heavy (non-hydrogen) atoms. The Balaban J connectivity index is 1.93. The van der Waals surface area contributed by atoms with Crippen molar-refractivity contribution in [2.75, 3.05) is 11.1 Å². The third-order valence-corrected chi connectivity index (χ3v) is 4.17. The van der Waals surface area contributed by atoms with E-state index in [-0.39, 0.29) is 17.1 Å². The van der Waals surface area contributed by atoms with Crippen molar-refractivity contribution < 1.29 is 22.2 Å². The van der Waals surface area contributed by atoms with Gasteiger partial charge in [0.2, 0.25) is 5.91 Å². The van der Waals surface area contributed by atoms with Crippen LogP contribution in [0.5, 0.6) is 0 Å². The molecule has 0 bridgehead atoms. The van der Waals surface area contributed by atoms with Crippen LogP contribution in [0.3, 0.4) is 0 Å².